The van der Waals surface area contributed by atoms with Gasteiger partial charge in [0.15, 0.2) is 5.75 Å². The van der Waals surface area contributed by atoms with Gasteiger partial charge in [0.05, 0.1) is 5.69 Å². The molecule has 0 fully saturated rings. The van der Waals surface area contributed by atoms with E-state index in [9.17, 15) is 18.0 Å². The first kappa shape index (κ1) is 15.3. The normalized spacial score (nSPS) is 12.3. The molecule has 0 aliphatic rings. The van der Waals surface area contributed by atoms with Gasteiger partial charge < -0.3 is 15.4 Å². The van der Waals surface area contributed by atoms with Crippen molar-refractivity contribution in [3.63, 3.8) is 0 Å². The van der Waals surface area contributed by atoms with E-state index in [1.165, 1.54) is 6.07 Å². The Morgan fingerprint density at radius 3 is 2.68 bits per heavy atom. The molecule has 1 rings (SSSR count). The van der Waals surface area contributed by atoms with E-state index in [1.54, 1.807) is 14.0 Å². The Morgan fingerprint density at radius 2 is 2.11 bits per heavy atom. The molecule has 0 heterocycles. The zero-order valence-corrected chi connectivity index (χ0v) is 10.5. The minimum absolute atomic E-state index is 0.00894. The summed E-state index contributed by atoms with van der Waals surface area (Å²) in [5.74, 6) is -1.87. The number of alkyl halides is 2. The summed E-state index contributed by atoms with van der Waals surface area (Å²) < 4.78 is 41.5. The molecule has 0 saturated carbocycles. The Kier molecular flexibility index (Phi) is 5.62. The number of carbonyl (C=O) groups excluding carboxylic acids is 1. The number of carbonyl (C=O) groups is 1. The third-order valence-corrected chi connectivity index (χ3v) is 2.38. The fourth-order valence-corrected chi connectivity index (χ4v) is 1.45. The largest absolute Gasteiger partial charge is 0.432 e. The van der Waals surface area contributed by atoms with Crippen molar-refractivity contribution < 1.29 is 22.7 Å². The number of ether oxygens (including phenoxy) is 1. The van der Waals surface area contributed by atoms with Crippen LogP contribution >= 0.6 is 0 Å². The van der Waals surface area contributed by atoms with Gasteiger partial charge in [0.25, 0.3) is 0 Å². The Morgan fingerprint density at radius 1 is 1.42 bits per heavy atom. The number of hydrogen-bond acceptors (Lipinski definition) is 3. The van der Waals surface area contributed by atoms with Crippen LogP contribution in [0.25, 0.3) is 0 Å². The number of halogens is 3. The first-order valence-electron chi connectivity index (χ1n) is 5.64. The number of nitrogens with one attached hydrogen (secondary N) is 2. The molecule has 2 N–H and O–H groups in total. The maximum Gasteiger partial charge on any atom is 0.387 e. The molecule has 0 saturated heterocycles. The number of amides is 1. The van der Waals surface area contributed by atoms with E-state index in [1.807, 2.05) is 0 Å². The smallest absolute Gasteiger partial charge is 0.387 e. The van der Waals surface area contributed by atoms with Crippen molar-refractivity contribution in [1.29, 1.82) is 0 Å². The monoisotopic (exact) mass is 276 g/mol. The highest BCUT2D eigenvalue weighted by Gasteiger charge is 2.16. The Hall–Kier alpha value is -1.76. The molecule has 0 spiro atoms. The molecule has 1 aromatic carbocycles. The first-order valence-corrected chi connectivity index (χ1v) is 5.64. The second kappa shape index (κ2) is 6.98. The summed E-state index contributed by atoms with van der Waals surface area (Å²) in [6.45, 7) is -0.992. The molecule has 19 heavy (non-hydrogen) atoms. The van der Waals surface area contributed by atoms with E-state index in [0.717, 1.165) is 12.1 Å². The quantitative estimate of drug-likeness (QED) is 0.837. The molecular weight excluding hydrogens is 261 g/mol. The SMILES string of the molecule is CNCC(C)C(=O)Nc1ccc(F)cc1OC(F)F. The number of hydrogen-bond donors (Lipinski definition) is 2. The van der Waals surface area contributed by atoms with Crippen LogP contribution < -0.4 is 15.4 Å². The summed E-state index contributed by atoms with van der Waals surface area (Å²) in [5, 5.41) is 5.24. The lowest BCUT2D eigenvalue weighted by molar-refractivity contribution is -0.119. The number of rotatable bonds is 6. The van der Waals surface area contributed by atoms with E-state index >= 15 is 0 Å². The molecule has 1 aromatic rings. The van der Waals surface area contributed by atoms with Gasteiger partial charge in [-0.05, 0) is 19.2 Å². The average molecular weight is 276 g/mol. The first-order chi connectivity index (χ1) is 8.93. The highest BCUT2D eigenvalue weighted by atomic mass is 19.3. The van der Waals surface area contributed by atoms with E-state index in [4.69, 9.17) is 0 Å². The lowest BCUT2D eigenvalue weighted by Crippen LogP contribution is -2.28. The van der Waals surface area contributed by atoms with Gasteiger partial charge in [-0.15, -0.1) is 0 Å². The molecule has 4 nitrogen and oxygen atoms in total. The van der Waals surface area contributed by atoms with Gasteiger partial charge in [0.1, 0.15) is 5.82 Å². The second-order valence-electron chi connectivity index (χ2n) is 3.97. The summed E-state index contributed by atoms with van der Waals surface area (Å²) in [7, 11) is 1.69. The second-order valence-corrected chi connectivity index (χ2v) is 3.97. The molecule has 1 amide bonds. The average Bonchev–Trinajstić information content (AvgIpc) is 2.32. The van der Waals surface area contributed by atoms with Crippen LogP contribution in [-0.4, -0.2) is 26.1 Å². The topological polar surface area (TPSA) is 50.4 Å². The highest BCUT2D eigenvalue weighted by molar-refractivity contribution is 5.93. The summed E-state index contributed by atoms with van der Waals surface area (Å²) in [6, 6.07) is 3.03. The third-order valence-electron chi connectivity index (χ3n) is 2.38. The van der Waals surface area contributed by atoms with Gasteiger partial charge in [0, 0.05) is 18.5 Å². The van der Waals surface area contributed by atoms with E-state index in [0.29, 0.717) is 6.54 Å². The molecule has 0 aliphatic heterocycles. The van der Waals surface area contributed by atoms with Crippen molar-refractivity contribution in [2.75, 3.05) is 18.9 Å². The molecule has 106 valence electrons. The van der Waals surface area contributed by atoms with Crippen LogP contribution in [0.2, 0.25) is 0 Å². The number of benzene rings is 1. The van der Waals surface area contributed by atoms with Crippen molar-refractivity contribution in [2.45, 2.75) is 13.5 Å². The standard InChI is InChI=1S/C12H15F3N2O2/c1-7(6-16-2)11(18)17-9-4-3-8(13)5-10(9)19-12(14)15/h3-5,7,12,16H,6H2,1-2H3,(H,17,18). The van der Waals surface area contributed by atoms with Crippen LogP contribution in [0.1, 0.15) is 6.92 Å². The van der Waals surface area contributed by atoms with Gasteiger partial charge in [-0.2, -0.15) is 8.78 Å². The van der Waals surface area contributed by atoms with Gasteiger partial charge in [-0.25, -0.2) is 4.39 Å². The van der Waals surface area contributed by atoms with Crippen LogP contribution in [0, 0.1) is 11.7 Å². The predicted molar refractivity (Wildman–Crippen MR) is 64.8 cm³/mol. The Bertz CT molecular complexity index is 441. The van der Waals surface area contributed by atoms with Crippen LogP contribution in [0.15, 0.2) is 18.2 Å². The maximum atomic E-state index is 13.0. The van der Waals surface area contributed by atoms with Gasteiger partial charge in [0.2, 0.25) is 5.91 Å². The highest BCUT2D eigenvalue weighted by Crippen LogP contribution is 2.27. The van der Waals surface area contributed by atoms with Crippen LogP contribution in [0.5, 0.6) is 5.75 Å². The van der Waals surface area contributed by atoms with Crippen LogP contribution in [0.4, 0.5) is 18.9 Å². The Balaban J connectivity index is 2.84. The minimum Gasteiger partial charge on any atom is -0.432 e. The zero-order valence-electron chi connectivity index (χ0n) is 10.5. The van der Waals surface area contributed by atoms with Crippen molar-refractivity contribution in [3.8, 4) is 5.75 Å². The van der Waals surface area contributed by atoms with Gasteiger partial charge in [-0.3, -0.25) is 4.79 Å². The molecule has 0 aromatic heterocycles. The van der Waals surface area contributed by atoms with Gasteiger partial charge >= 0.3 is 6.61 Å². The van der Waals surface area contributed by atoms with Crippen molar-refractivity contribution in [1.82, 2.24) is 5.32 Å². The van der Waals surface area contributed by atoms with Crippen molar-refractivity contribution in [3.05, 3.63) is 24.0 Å². The number of anilines is 1. The molecule has 0 radical (unpaired) electrons. The zero-order chi connectivity index (χ0) is 14.4. The molecule has 0 bridgehead atoms. The maximum absolute atomic E-state index is 13.0. The lowest BCUT2D eigenvalue weighted by Gasteiger charge is -2.15. The van der Waals surface area contributed by atoms with Gasteiger partial charge in [-0.1, -0.05) is 6.92 Å². The molecule has 0 aliphatic carbocycles. The van der Waals surface area contributed by atoms with Crippen molar-refractivity contribution >= 4 is 11.6 Å². The molecule has 1 atom stereocenters. The molecular formula is C12H15F3N2O2. The van der Waals surface area contributed by atoms with Crippen LogP contribution in [0.3, 0.4) is 0 Å². The fraction of sp³-hybridized carbons (Fsp3) is 0.417. The molecule has 1 unspecified atom stereocenters. The summed E-state index contributed by atoms with van der Waals surface area (Å²) in [6.07, 6.45) is 0. The molecule has 7 heteroatoms. The van der Waals surface area contributed by atoms with E-state index in [2.05, 4.69) is 15.4 Å². The summed E-state index contributed by atoms with van der Waals surface area (Å²) in [4.78, 5) is 11.7. The van der Waals surface area contributed by atoms with E-state index in [-0.39, 0.29) is 17.5 Å². The summed E-state index contributed by atoms with van der Waals surface area (Å²) in [5.41, 5.74) is 0.00894. The predicted octanol–water partition coefficient (Wildman–Crippen LogP) is 2.22. The van der Waals surface area contributed by atoms with E-state index < -0.39 is 18.2 Å². The Labute approximate surface area is 108 Å². The third kappa shape index (κ3) is 4.78. The summed E-state index contributed by atoms with van der Waals surface area (Å²) >= 11 is 0. The lowest BCUT2D eigenvalue weighted by atomic mass is 10.1. The fourth-order valence-electron chi connectivity index (χ4n) is 1.45. The minimum atomic E-state index is -3.09. The van der Waals surface area contributed by atoms with Crippen LogP contribution in [-0.2, 0) is 4.79 Å². The van der Waals surface area contributed by atoms with Crippen molar-refractivity contribution in [2.24, 2.45) is 5.92 Å².